The Morgan fingerprint density at radius 1 is 0.459 bits per heavy atom. The number of hydrogen-bond donors (Lipinski definition) is 5. The fourth-order valence-electron chi connectivity index (χ4n) is 10.7. The summed E-state index contributed by atoms with van der Waals surface area (Å²) in [5.41, 5.74) is 0. The third-order valence-corrected chi connectivity index (χ3v) is 16.1. The number of likely N-dealkylation sites (N-methyl/N-ethyl adjacent to an activating group) is 7. The van der Waals surface area contributed by atoms with Crippen LogP contribution >= 0.6 is 0 Å². The number of nitrogens with zero attached hydrogens (tertiary/aromatic N) is 7. The van der Waals surface area contributed by atoms with Gasteiger partial charge in [0.1, 0.15) is 60.4 Å². The standard InChI is InChI=1S/C62H111N11O12/c1-25-27-28-40(15)52(75)51-56(79)65-43(26-2)58(81)67(18)33-48(74)68(19)44(29-34(3)4)55(78)66-49(38(11)12)61(84)69(20)45(30-35(5)6)54(77)63-41(16)53(76)64-42(17)57(80)70(21)46(31-36(7)8)59(82)71(22)47(32-37(9)10)60(83)72(23)50(39(13)14)62(85)73(51)24/h25,27,34-47,49-52,75H,26,28-33H2,1-24H3,(H,63,77)(H,64,76)(H,65,79)(H,66,78)/t40-,41+,42+,43-,44+,45-,46+,47+,49+,50-,51+,52-/m1/s1. The summed E-state index contributed by atoms with van der Waals surface area (Å²) < 4.78 is 0. The maximum atomic E-state index is 15.1. The van der Waals surface area contributed by atoms with Gasteiger partial charge in [-0.25, -0.2) is 0 Å². The molecule has 12 atom stereocenters. The van der Waals surface area contributed by atoms with Crippen molar-refractivity contribution in [3.8, 4) is 0 Å². The molecule has 0 aromatic carbocycles. The Morgan fingerprint density at radius 2 is 0.871 bits per heavy atom. The Bertz CT molecular complexity index is 2330. The van der Waals surface area contributed by atoms with Crippen LogP contribution in [0.1, 0.15) is 156 Å². The van der Waals surface area contributed by atoms with Crippen LogP contribution in [-0.4, -0.2) is 227 Å². The maximum absolute atomic E-state index is 15.1. The van der Waals surface area contributed by atoms with Crippen molar-refractivity contribution in [2.24, 2.45) is 41.4 Å². The summed E-state index contributed by atoms with van der Waals surface area (Å²) in [5, 5.41) is 23.1. The SMILES string of the molecule is CC=CC[C@@H](C)[C@@H](O)[C@H]1C(=O)N[C@H](CC)C(=O)N(C)CC(=O)N(C)[C@@H](CC(C)C)C(=O)N[C@@H](C(C)C)C(=O)N(C)[C@H](CC(C)C)C(=O)N[C@@H](C)C(=O)N[C@@H](C)C(=O)N(C)[C@@H](CC(C)C)C(=O)N(C)[C@@H](CC(C)C)C(=O)N(C)[C@H](C(C)C)C(=O)N1C. The highest BCUT2D eigenvalue weighted by Crippen LogP contribution is 2.26. The molecule has 0 aromatic heterocycles. The van der Waals surface area contributed by atoms with Crippen molar-refractivity contribution < 1.29 is 57.8 Å². The van der Waals surface area contributed by atoms with Crippen LogP contribution in [0.2, 0.25) is 0 Å². The highest BCUT2D eigenvalue weighted by molar-refractivity contribution is 5.99. The molecule has 0 saturated carbocycles. The average molecular weight is 1200 g/mol. The van der Waals surface area contributed by atoms with Crippen LogP contribution in [-0.2, 0) is 52.7 Å². The molecule has 11 amide bonds. The first-order chi connectivity index (χ1) is 39.2. The molecule has 1 saturated heterocycles. The Labute approximate surface area is 508 Å². The Morgan fingerprint density at radius 3 is 1.32 bits per heavy atom. The minimum atomic E-state index is -1.61. The highest BCUT2D eigenvalue weighted by atomic mass is 16.3. The van der Waals surface area contributed by atoms with Crippen LogP contribution < -0.4 is 21.3 Å². The van der Waals surface area contributed by atoms with E-state index in [0.29, 0.717) is 6.42 Å². The number of nitrogens with one attached hydrogen (secondary N) is 4. The molecule has 0 aliphatic carbocycles. The van der Waals surface area contributed by atoms with Gasteiger partial charge in [-0.15, -0.1) is 0 Å². The first-order valence-electron chi connectivity index (χ1n) is 30.6. The van der Waals surface area contributed by atoms with Crippen molar-refractivity contribution in [3.63, 3.8) is 0 Å². The normalized spacial score (nSPS) is 26.9. The van der Waals surface area contributed by atoms with Crippen molar-refractivity contribution in [2.45, 2.75) is 223 Å². The summed E-state index contributed by atoms with van der Waals surface area (Å²) in [7, 11) is 9.92. The Kier molecular flexibility index (Phi) is 31.5. The molecule has 23 nitrogen and oxygen atoms in total. The molecular formula is C62H111N11O12. The van der Waals surface area contributed by atoms with Gasteiger partial charge in [-0.3, -0.25) is 52.7 Å². The molecule has 0 spiro atoms. The maximum Gasteiger partial charge on any atom is 0.246 e. The third-order valence-electron chi connectivity index (χ3n) is 16.1. The van der Waals surface area contributed by atoms with E-state index in [4.69, 9.17) is 0 Å². The lowest BCUT2D eigenvalue weighted by Crippen LogP contribution is -2.63. The number of carbonyl (C=O) groups is 11. The lowest BCUT2D eigenvalue weighted by Gasteiger charge is -2.41. The van der Waals surface area contributed by atoms with Gasteiger partial charge in [-0.05, 0) is 101 Å². The minimum absolute atomic E-state index is 0.0229. The number of hydrogen-bond acceptors (Lipinski definition) is 12. The number of aliphatic hydroxyl groups is 1. The van der Waals surface area contributed by atoms with Crippen molar-refractivity contribution in [2.75, 3.05) is 55.9 Å². The van der Waals surface area contributed by atoms with Crippen LogP contribution in [0.3, 0.4) is 0 Å². The monoisotopic (exact) mass is 1200 g/mol. The van der Waals surface area contributed by atoms with Crippen molar-refractivity contribution in [1.29, 1.82) is 0 Å². The van der Waals surface area contributed by atoms with E-state index >= 15 is 9.59 Å². The number of amides is 11. The fraction of sp³-hybridized carbons (Fsp3) is 0.790. The van der Waals surface area contributed by atoms with Crippen LogP contribution in [0, 0.1) is 41.4 Å². The van der Waals surface area contributed by atoms with Gasteiger partial charge in [-0.2, -0.15) is 0 Å². The predicted octanol–water partition coefficient (Wildman–Crippen LogP) is 3.27. The molecule has 0 aromatic rings. The molecule has 0 unspecified atom stereocenters. The molecule has 5 N–H and O–H groups in total. The molecule has 1 heterocycles. The Hall–Kier alpha value is -6.13. The van der Waals surface area contributed by atoms with E-state index in [1.54, 1.807) is 54.5 Å². The first-order valence-corrected chi connectivity index (χ1v) is 30.6. The Balaban J connectivity index is 4.32. The zero-order valence-electron chi connectivity index (χ0n) is 56.1. The van der Waals surface area contributed by atoms with Crippen molar-refractivity contribution >= 4 is 65.0 Å². The first kappa shape index (κ1) is 76.9. The van der Waals surface area contributed by atoms with Gasteiger partial charge in [0.05, 0.1) is 12.6 Å². The molecule has 0 radical (unpaired) electrons. The number of allylic oxidation sites excluding steroid dienone is 2. The van der Waals surface area contributed by atoms with Crippen molar-refractivity contribution in [1.82, 2.24) is 55.6 Å². The molecule has 0 bridgehead atoms. The van der Waals surface area contributed by atoms with Crippen molar-refractivity contribution in [3.05, 3.63) is 12.2 Å². The van der Waals surface area contributed by atoms with E-state index in [0.717, 1.165) is 9.80 Å². The number of rotatable bonds is 15. The summed E-state index contributed by atoms with van der Waals surface area (Å²) in [6.07, 6.45) is 3.04. The van der Waals surface area contributed by atoms with Gasteiger partial charge in [0.2, 0.25) is 65.0 Å². The molecule has 1 fully saturated rings. The predicted molar refractivity (Wildman–Crippen MR) is 328 cm³/mol. The van der Waals surface area contributed by atoms with Gasteiger partial charge in [0.15, 0.2) is 0 Å². The van der Waals surface area contributed by atoms with E-state index in [9.17, 15) is 48.3 Å². The van der Waals surface area contributed by atoms with Gasteiger partial charge in [0.25, 0.3) is 0 Å². The van der Waals surface area contributed by atoms with E-state index in [2.05, 4.69) is 21.3 Å². The molecular weight excluding hydrogens is 1090 g/mol. The molecule has 486 valence electrons. The van der Waals surface area contributed by atoms with E-state index < -0.39 is 156 Å². The zero-order valence-corrected chi connectivity index (χ0v) is 56.1. The van der Waals surface area contributed by atoms with Gasteiger partial charge in [0, 0.05) is 49.3 Å². The summed E-state index contributed by atoms with van der Waals surface area (Å²) in [4.78, 5) is 169. The lowest BCUT2D eigenvalue weighted by atomic mass is 9.91. The summed E-state index contributed by atoms with van der Waals surface area (Å²) >= 11 is 0. The third kappa shape index (κ3) is 21.7. The molecule has 1 aliphatic rings. The summed E-state index contributed by atoms with van der Waals surface area (Å²) in [6, 6.07) is -12.3. The molecule has 1 rings (SSSR count). The topological polar surface area (TPSA) is 279 Å². The highest BCUT2D eigenvalue weighted by Gasteiger charge is 2.45. The minimum Gasteiger partial charge on any atom is -0.390 e. The smallest absolute Gasteiger partial charge is 0.246 e. The van der Waals surface area contributed by atoms with E-state index in [-0.39, 0.29) is 55.8 Å². The average Bonchev–Trinajstić information content (AvgIpc) is 3.62. The number of carbonyl (C=O) groups excluding carboxylic acids is 11. The molecule has 23 heteroatoms. The van der Waals surface area contributed by atoms with Crippen LogP contribution in [0.25, 0.3) is 0 Å². The summed E-state index contributed by atoms with van der Waals surface area (Å²) in [5.74, 6) is -9.71. The second-order valence-corrected chi connectivity index (χ2v) is 26.1. The van der Waals surface area contributed by atoms with Gasteiger partial charge in [-0.1, -0.05) is 109 Å². The second kappa shape index (κ2) is 34.9. The largest absolute Gasteiger partial charge is 0.390 e. The quantitative estimate of drug-likeness (QED) is 0.148. The fourth-order valence-corrected chi connectivity index (χ4v) is 10.7. The van der Waals surface area contributed by atoms with Gasteiger partial charge >= 0.3 is 0 Å². The molecule has 1 aliphatic heterocycles. The zero-order chi connectivity index (χ0) is 66.0. The summed E-state index contributed by atoms with van der Waals surface area (Å²) in [6.45, 7) is 29.3. The van der Waals surface area contributed by atoms with Crippen LogP contribution in [0.5, 0.6) is 0 Å². The second-order valence-electron chi connectivity index (χ2n) is 26.1. The number of aliphatic hydroxyl groups excluding tert-OH is 1. The molecule has 85 heavy (non-hydrogen) atoms. The van der Waals surface area contributed by atoms with Gasteiger partial charge < -0.3 is 60.7 Å². The van der Waals surface area contributed by atoms with E-state index in [1.807, 2.05) is 61.5 Å². The van der Waals surface area contributed by atoms with E-state index in [1.165, 1.54) is 87.7 Å². The lowest BCUT2D eigenvalue weighted by molar-refractivity contribution is -0.157. The van der Waals surface area contributed by atoms with Crippen LogP contribution in [0.15, 0.2) is 12.2 Å². The van der Waals surface area contributed by atoms with Crippen LogP contribution in [0.4, 0.5) is 0 Å².